The van der Waals surface area contributed by atoms with E-state index in [1.165, 1.54) is 19.2 Å². The predicted octanol–water partition coefficient (Wildman–Crippen LogP) is 2.14. The van der Waals surface area contributed by atoms with E-state index < -0.39 is 5.97 Å². The molecule has 0 heterocycles. The van der Waals surface area contributed by atoms with Crippen molar-refractivity contribution in [2.24, 2.45) is 0 Å². The Bertz CT molecular complexity index is 426. The third-order valence-corrected chi connectivity index (χ3v) is 2.33. The molecular formula is C11H11NO3S. The van der Waals surface area contributed by atoms with E-state index in [4.69, 9.17) is 9.44 Å². The number of benzene rings is 1. The second kappa shape index (κ2) is 6.16. The number of carbonyl (C=O) groups is 1. The van der Waals surface area contributed by atoms with Gasteiger partial charge in [-0.2, -0.15) is 5.26 Å². The monoisotopic (exact) mass is 237 g/mol. The van der Waals surface area contributed by atoms with Gasteiger partial charge in [0, 0.05) is 6.26 Å². The molecule has 5 heteroatoms. The SMILES string of the molecule is COC(=O)c1ccc(C#N)cc1COSC. The maximum Gasteiger partial charge on any atom is 0.338 e. The predicted molar refractivity (Wildman–Crippen MR) is 60.8 cm³/mol. The lowest BCUT2D eigenvalue weighted by atomic mass is 10.1. The number of hydrogen-bond acceptors (Lipinski definition) is 5. The molecule has 0 aliphatic heterocycles. The quantitative estimate of drug-likeness (QED) is 0.593. The molecule has 0 aliphatic carbocycles. The molecule has 0 atom stereocenters. The Morgan fingerprint density at radius 3 is 2.88 bits per heavy atom. The van der Waals surface area contributed by atoms with E-state index in [-0.39, 0.29) is 6.61 Å². The maximum atomic E-state index is 11.4. The Morgan fingerprint density at radius 2 is 2.31 bits per heavy atom. The van der Waals surface area contributed by atoms with Crippen LogP contribution in [0.3, 0.4) is 0 Å². The van der Waals surface area contributed by atoms with Gasteiger partial charge in [0.15, 0.2) is 0 Å². The van der Waals surface area contributed by atoms with Crippen LogP contribution in [0, 0.1) is 11.3 Å². The maximum absolute atomic E-state index is 11.4. The van der Waals surface area contributed by atoms with Crippen LogP contribution in [-0.4, -0.2) is 19.3 Å². The van der Waals surface area contributed by atoms with Gasteiger partial charge in [-0.15, -0.1) is 0 Å². The van der Waals surface area contributed by atoms with Gasteiger partial charge in [0.05, 0.1) is 30.9 Å². The van der Waals surface area contributed by atoms with Gasteiger partial charge >= 0.3 is 5.97 Å². The topological polar surface area (TPSA) is 59.3 Å². The summed E-state index contributed by atoms with van der Waals surface area (Å²) in [6.45, 7) is 0.265. The molecule has 1 rings (SSSR count). The number of nitrogens with zero attached hydrogens (tertiary/aromatic N) is 1. The highest BCUT2D eigenvalue weighted by atomic mass is 32.2. The van der Waals surface area contributed by atoms with Crippen molar-refractivity contribution >= 4 is 18.0 Å². The Labute approximate surface area is 98.4 Å². The minimum absolute atomic E-state index is 0.265. The first-order valence-corrected chi connectivity index (χ1v) is 5.65. The van der Waals surface area contributed by atoms with E-state index in [1.54, 1.807) is 24.5 Å². The minimum atomic E-state index is -0.427. The number of hydrogen-bond donors (Lipinski definition) is 0. The Balaban J connectivity index is 3.07. The first-order valence-electron chi connectivity index (χ1n) is 4.50. The van der Waals surface area contributed by atoms with Crippen LogP contribution in [0.4, 0.5) is 0 Å². The van der Waals surface area contributed by atoms with E-state index in [1.807, 2.05) is 6.07 Å². The summed E-state index contributed by atoms with van der Waals surface area (Å²) in [6, 6.07) is 6.79. The molecule has 0 fully saturated rings. The van der Waals surface area contributed by atoms with Gasteiger partial charge in [-0.1, -0.05) is 0 Å². The smallest absolute Gasteiger partial charge is 0.338 e. The van der Waals surface area contributed by atoms with Crippen molar-refractivity contribution in [1.29, 1.82) is 5.26 Å². The standard InChI is InChI=1S/C11H11NO3S/c1-14-11(13)10-4-3-8(6-12)5-9(10)7-15-16-2/h3-5H,7H2,1-2H3. The molecule has 0 spiro atoms. The first kappa shape index (κ1) is 12.6. The summed E-state index contributed by atoms with van der Waals surface area (Å²) in [5, 5.41) is 8.76. The van der Waals surface area contributed by atoms with Crippen LogP contribution >= 0.6 is 12.0 Å². The molecule has 16 heavy (non-hydrogen) atoms. The molecular weight excluding hydrogens is 226 g/mol. The van der Waals surface area contributed by atoms with Crippen molar-refractivity contribution in [3.8, 4) is 6.07 Å². The zero-order chi connectivity index (χ0) is 12.0. The number of carbonyl (C=O) groups excluding carboxylic acids is 1. The van der Waals surface area contributed by atoms with Crippen LogP contribution < -0.4 is 0 Å². The van der Waals surface area contributed by atoms with Gasteiger partial charge in [0.1, 0.15) is 0 Å². The van der Waals surface area contributed by atoms with Crippen molar-refractivity contribution in [3.05, 3.63) is 34.9 Å². The summed E-state index contributed by atoms with van der Waals surface area (Å²) >= 11 is 1.20. The van der Waals surface area contributed by atoms with Crippen LogP contribution in [0.5, 0.6) is 0 Å². The van der Waals surface area contributed by atoms with Crippen molar-refractivity contribution in [3.63, 3.8) is 0 Å². The van der Waals surface area contributed by atoms with Crippen LogP contribution in [0.1, 0.15) is 21.5 Å². The van der Waals surface area contributed by atoms with E-state index in [0.29, 0.717) is 16.7 Å². The molecule has 0 saturated carbocycles. The molecule has 84 valence electrons. The fraction of sp³-hybridized carbons (Fsp3) is 0.273. The lowest BCUT2D eigenvalue weighted by Crippen LogP contribution is -2.06. The van der Waals surface area contributed by atoms with E-state index in [0.717, 1.165) is 0 Å². The molecule has 0 saturated heterocycles. The summed E-state index contributed by atoms with van der Waals surface area (Å²) in [7, 11) is 1.32. The molecule has 0 aromatic heterocycles. The van der Waals surface area contributed by atoms with Crippen molar-refractivity contribution in [2.45, 2.75) is 6.61 Å². The van der Waals surface area contributed by atoms with E-state index in [9.17, 15) is 4.79 Å². The molecule has 0 unspecified atom stereocenters. The number of esters is 1. The largest absolute Gasteiger partial charge is 0.465 e. The minimum Gasteiger partial charge on any atom is -0.465 e. The van der Waals surface area contributed by atoms with Gasteiger partial charge in [-0.25, -0.2) is 4.79 Å². The Kier molecular flexibility index (Phi) is 4.83. The second-order valence-corrected chi connectivity index (χ2v) is 3.47. The van der Waals surface area contributed by atoms with Crippen LogP contribution in [0.2, 0.25) is 0 Å². The average Bonchev–Trinajstić information content (AvgIpc) is 2.34. The first-order chi connectivity index (χ1) is 7.72. The van der Waals surface area contributed by atoms with Gasteiger partial charge in [0.25, 0.3) is 0 Å². The molecule has 0 amide bonds. The normalized spacial score (nSPS) is 9.56. The molecule has 0 N–H and O–H groups in total. The van der Waals surface area contributed by atoms with Crippen molar-refractivity contribution in [1.82, 2.24) is 0 Å². The summed E-state index contributed by atoms with van der Waals surface area (Å²) in [5.41, 5.74) is 1.57. The Hall–Kier alpha value is -1.51. The highest BCUT2D eigenvalue weighted by molar-refractivity contribution is 7.93. The molecule has 1 aromatic carbocycles. The molecule has 0 radical (unpaired) electrons. The average molecular weight is 237 g/mol. The number of rotatable bonds is 4. The van der Waals surface area contributed by atoms with E-state index >= 15 is 0 Å². The molecule has 0 bridgehead atoms. The van der Waals surface area contributed by atoms with Gasteiger partial charge in [-0.3, -0.25) is 0 Å². The highest BCUT2D eigenvalue weighted by Gasteiger charge is 2.12. The molecule has 0 aliphatic rings. The highest BCUT2D eigenvalue weighted by Crippen LogP contribution is 2.16. The van der Waals surface area contributed by atoms with Gasteiger partial charge < -0.3 is 8.92 Å². The van der Waals surface area contributed by atoms with Gasteiger partial charge in [0.2, 0.25) is 0 Å². The molecule has 1 aromatic rings. The number of ether oxygens (including phenoxy) is 1. The third kappa shape index (κ3) is 2.99. The summed E-state index contributed by atoms with van der Waals surface area (Å²) in [4.78, 5) is 11.4. The lowest BCUT2D eigenvalue weighted by Gasteiger charge is -2.07. The fourth-order valence-electron chi connectivity index (χ4n) is 1.21. The van der Waals surface area contributed by atoms with Crippen LogP contribution in [0.15, 0.2) is 18.2 Å². The van der Waals surface area contributed by atoms with Crippen molar-refractivity contribution < 1.29 is 13.7 Å². The fourth-order valence-corrected chi connectivity index (χ4v) is 1.46. The molecule has 4 nitrogen and oxygen atoms in total. The number of methoxy groups -OCH3 is 1. The lowest BCUT2D eigenvalue weighted by molar-refractivity contribution is 0.0598. The summed E-state index contributed by atoms with van der Waals surface area (Å²) in [6.07, 6.45) is 1.78. The third-order valence-electron chi connectivity index (χ3n) is 1.97. The van der Waals surface area contributed by atoms with Crippen LogP contribution in [-0.2, 0) is 15.5 Å². The van der Waals surface area contributed by atoms with E-state index in [2.05, 4.69) is 4.74 Å². The summed E-state index contributed by atoms with van der Waals surface area (Å²) < 4.78 is 9.80. The van der Waals surface area contributed by atoms with Gasteiger partial charge in [-0.05, 0) is 35.8 Å². The summed E-state index contributed by atoms with van der Waals surface area (Å²) in [5.74, 6) is -0.427. The second-order valence-electron chi connectivity index (χ2n) is 2.90. The number of nitriles is 1. The Morgan fingerprint density at radius 1 is 1.56 bits per heavy atom. The van der Waals surface area contributed by atoms with Crippen molar-refractivity contribution in [2.75, 3.05) is 13.4 Å². The van der Waals surface area contributed by atoms with Crippen LogP contribution in [0.25, 0.3) is 0 Å². The zero-order valence-corrected chi connectivity index (χ0v) is 9.84. The zero-order valence-electron chi connectivity index (χ0n) is 9.02.